The van der Waals surface area contributed by atoms with Crippen LogP contribution in [0.3, 0.4) is 0 Å². The summed E-state index contributed by atoms with van der Waals surface area (Å²) in [6.07, 6.45) is -2.74. The molecular weight excluding hydrogens is 382 g/mol. The van der Waals surface area contributed by atoms with Gasteiger partial charge in [-0.1, -0.05) is 32.1 Å². The number of amides is 1. The van der Waals surface area contributed by atoms with Gasteiger partial charge in [-0.3, -0.25) is 4.79 Å². The maximum absolute atomic E-state index is 13.3. The van der Waals surface area contributed by atoms with Crippen molar-refractivity contribution in [2.45, 2.75) is 51.7 Å². The van der Waals surface area contributed by atoms with Gasteiger partial charge in [0.1, 0.15) is 10.8 Å². The summed E-state index contributed by atoms with van der Waals surface area (Å²) in [6, 6.07) is 1.96. The van der Waals surface area contributed by atoms with E-state index < -0.39 is 29.0 Å². The summed E-state index contributed by atoms with van der Waals surface area (Å²) in [5.74, 6) is -1.67. The third kappa shape index (κ3) is 4.63. The molecule has 0 saturated heterocycles. The summed E-state index contributed by atoms with van der Waals surface area (Å²) in [5.41, 5.74) is -2.28. The van der Waals surface area contributed by atoms with Crippen LogP contribution in [0.25, 0.3) is 0 Å². The average Bonchev–Trinajstić information content (AvgIpc) is 3.25. The number of rotatable bonds is 3. The number of carbonyl (C=O) groups excluding carboxylic acids is 1. The van der Waals surface area contributed by atoms with Crippen molar-refractivity contribution in [2.24, 2.45) is 10.9 Å². The fourth-order valence-electron chi connectivity index (χ4n) is 2.44. The monoisotopic (exact) mass is 401 g/mol. The van der Waals surface area contributed by atoms with E-state index in [1.807, 2.05) is 20.8 Å². The fraction of sp³-hybridized carbons (Fsp3) is 0.500. The van der Waals surface area contributed by atoms with E-state index in [-0.39, 0.29) is 10.2 Å². The molecule has 0 aliphatic heterocycles. The number of carbonyl (C=O) groups is 1. The number of hydrogen-bond donors (Lipinski definition) is 0. The second-order valence-corrected chi connectivity index (χ2v) is 8.63. The molecule has 27 heavy (non-hydrogen) atoms. The number of benzene rings is 1. The lowest BCUT2D eigenvalue weighted by Gasteiger charge is -2.12. The first-order valence-electron chi connectivity index (χ1n) is 8.49. The lowest BCUT2D eigenvalue weighted by Crippen LogP contribution is -2.21. The van der Waals surface area contributed by atoms with E-state index >= 15 is 0 Å². The predicted molar refractivity (Wildman–Crippen MR) is 92.8 cm³/mol. The van der Waals surface area contributed by atoms with Crippen molar-refractivity contribution in [3.63, 3.8) is 0 Å². The molecule has 0 radical (unpaired) electrons. The first kappa shape index (κ1) is 19.7. The summed E-state index contributed by atoms with van der Waals surface area (Å²) < 4.78 is 54.4. The lowest BCUT2D eigenvalue weighted by molar-refractivity contribution is -0.138. The van der Waals surface area contributed by atoms with Gasteiger partial charge in [0.2, 0.25) is 4.80 Å². The number of nitrogens with zero attached hydrogens (tertiary/aromatic N) is 3. The molecule has 1 saturated carbocycles. The standard InChI is InChI=1S/C18H19F4N3OS/c1-17(2,3)15-24-25(9-10-4-5-10)16(27-15)23-14(26)12-7-6-11(19)8-13(12)18(20,21)22/h6-8,10H,4-5,9H2,1-3H3/b23-16-. The van der Waals surface area contributed by atoms with Gasteiger partial charge in [-0.05, 0) is 37.0 Å². The lowest BCUT2D eigenvalue weighted by atomic mass is 9.98. The Morgan fingerprint density at radius 1 is 1.30 bits per heavy atom. The van der Waals surface area contributed by atoms with E-state index in [2.05, 4.69) is 10.1 Å². The molecule has 9 heteroatoms. The summed E-state index contributed by atoms with van der Waals surface area (Å²) >= 11 is 1.18. The van der Waals surface area contributed by atoms with Crippen molar-refractivity contribution in [1.82, 2.24) is 9.78 Å². The molecule has 4 nitrogen and oxygen atoms in total. The molecule has 3 rings (SSSR count). The van der Waals surface area contributed by atoms with Crippen LogP contribution in [0.1, 0.15) is 54.5 Å². The molecule has 0 bridgehead atoms. The van der Waals surface area contributed by atoms with Crippen LogP contribution < -0.4 is 4.80 Å². The highest BCUT2D eigenvalue weighted by Gasteiger charge is 2.36. The van der Waals surface area contributed by atoms with E-state index in [0.717, 1.165) is 30.0 Å². The van der Waals surface area contributed by atoms with Crippen molar-refractivity contribution >= 4 is 17.2 Å². The zero-order chi connectivity index (χ0) is 20.0. The summed E-state index contributed by atoms with van der Waals surface area (Å²) in [7, 11) is 0. The minimum atomic E-state index is -4.85. The zero-order valence-electron chi connectivity index (χ0n) is 15.1. The van der Waals surface area contributed by atoms with Crippen molar-refractivity contribution in [2.75, 3.05) is 0 Å². The molecule has 0 atom stereocenters. The number of alkyl halides is 3. The van der Waals surface area contributed by atoms with Crippen LogP contribution in [0, 0.1) is 11.7 Å². The molecule has 1 amide bonds. The molecule has 1 fully saturated rings. The number of hydrogen-bond acceptors (Lipinski definition) is 3. The smallest absolute Gasteiger partial charge is 0.267 e. The second kappa shape index (κ2) is 6.85. The highest BCUT2D eigenvalue weighted by molar-refractivity contribution is 7.09. The Bertz CT molecular complexity index is 933. The van der Waals surface area contributed by atoms with E-state index in [1.54, 1.807) is 4.68 Å². The maximum Gasteiger partial charge on any atom is 0.417 e. The summed E-state index contributed by atoms with van der Waals surface area (Å²) in [5, 5.41) is 5.24. The van der Waals surface area contributed by atoms with Gasteiger partial charge in [-0.25, -0.2) is 9.07 Å². The van der Waals surface area contributed by atoms with E-state index in [1.165, 1.54) is 11.3 Å². The van der Waals surface area contributed by atoms with Crippen molar-refractivity contribution < 1.29 is 22.4 Å². The fourth-order valence-corrected chi connectivity index (χ4v) is 3.41. The molecule has 1 aromatic heterocycles. The molecular formula is C18H19F4N3OS. The van der Waals surface area contributed by atoms with Gasteiger partial charge in [-0.2, -0.15) is 23.3 Å². The topological polar surface area (TPSA) is 47.2 Å². The van der Waals surface area contributed by atoms with Crippen LogP contribution in [-0.4, -0.2) is 15.7 Å². The quantitative estimate of drug-likeness (QED) is 0.709. The van der Waals surface area contributed by atoms with Crippen LogP contribution >= 0.6 is 11.3 Å². The minimum Gasteiger partial charge on any atom is -0.267 e. The minimum absolute atomic E-state index is 0.259. The Kier molecular flexibility index (Phi) is 5.00. The van der Waals surface area contributed by atoms with E-state index in [9.17, 15) is 22.4 Å². The first-order chi connectivity index (χ1) is 12.4. The third-order valence-electron chi connectivity index (χ3n) is 4.10. The van der Waals surface area contributed by atoms with Crippen molar-refractivity contribution in [3.05, 3.63) is 45.0 Å². The Balaban J connectivity index is 2.06. The largest absolute Gasteiger partial charge is 0.417 e. The molecule has 1 aliphatic carbocycles. The highest BCUT2D eigenvalue weighted by Crippen LogP contribution is 2.33. The molecule has 1 aromatic carbocycles. The van der Waals surface area contributed by atoms with Crippen LogP contribution in [-0.2, 0) is 18.1 Å². The molecule has 1 aliphatic rings. The summed E-state index contributed by atoms with van der Waals surface area (Å²) in [4.78, 5) is 16.6. The van der Waals surface area contributed by atoms with Crippen molar-refractivity contribution in [1.29, 1.82) is 0 Å². The Labute approximate surface area is 157 Å². The van der Waals surface area contributed by atoms with Crippen LogP contribution in [0.15, 0.2) is 23.2 Å². The third-order valence-corrected chi connectivity index (χ3v) is 5.48. The average molecular weight is 401 g/mol. The van der Waals surface area contributed by atoms with Crippen LogP contribution in [0.2, 0.25) is 0 Å². The molecule has 0 spiro atoms. The van der Waals surface area contributed by atoms with Gasteiger partial charge < -0.3 is 0 Å². The Morgan fingerprint density at radius 2 is 1.96 bits per heavy atom. The van der Waals surface area contributed by atoms with Gasteiger partial charge in [0, 0.05) is 12.0 Å². The van der Waals surface area contributed by atoms with Gasteiger partial charge >= 0.3 is 6.18 Å². The zero-order valence-corrected chi connectivity index (χ0v) is 15.9. The summed E-state index contributed by atoms with van der Waals surface area (Å²) in [6.45, 7) is 6.45. The SMILES string of the molecule is CC(C)(C)c1nn(CC2CC2)/c(=N/C(=O)c2ccc(F)cc2C(F)(F)F)s1. The maximum atomic E-state index is 13.3. The second-order valence-electron chi connectivity index (χ2n) is 7.67. The molecule has 2 aromatic rings. The predicted octanol–water partition coefficient (Wildman–Crippen LogP) is 4.55. The molecule has 146 valence electrons. The van der Waals surface area contributed by atoms with Gasteiger partial charge in [-0.15, -0.1) is 0 Å². The van der Waals surface area contributed by atoms with Gasteiger partial charge in [0.25, 0.3) is 5.91 Å². The van der Waals surface area contributed by atoms with E-state index in [4.69, 9.17) is 0 Å². The number of halogens is 4. The number of aromatic nitrogens is 2. The van der Waals surface area contributed by atoms with E-state index in [0.29, 0.717) is 18.5 Å². The molecule has 0 N–H and O–H groups in total. The van der Waals surface area contributed by atoms with Crippen LogP contribution in [0.5, 0.6) is 0 Å². The van der Waals surface area contributed by atoms with Gasteiger partial charge in [0.15, 0.2) is 0 Å². The van der Waals surface area contributed by atoms with Crippen molar-refractivity contribution in [3.8, 4) is 0 Å². The van der Waals surface area contributed by atoms with Gasteiger partial charge in [0.05, 0.1) is 11.1 Å². The first-order valence-corrected chi connectivity index (χ1v) is 9.31. The molecule has 0 unspecified atom stereocenters. The highest BCUT2D eigenvalue weighted by atomic mass is 32.1. The van der Waals surface area contributed by atoms with Crippen LogP contribution in [0.4, 0.5) is 17.6 Å². The molecule has 1 heterocycles. The normalized spacial score (nSPS) is 16.0. The Hall–Kier alpha value is -2.03. The Morgan fingerprint density at radius 3 is 2.52 bits per heavy atom.